The molecule has 1 aromatic rings. The van der Waals surface area contributed by atoms with Crippen molar-refractivity contribution < 1.29 is 26.4 Å². The van der Waals surface area contributed by atoms with Crippen LogP contribution in [0, 0.1) is 0 Å². The number of hydrogen-bond acceptors (Lipinski definition) is 5. The van der Waals surface area contributed by atoms with Gasteiger partial charge in [0.05, 0.1) is 12.9 Å². The second-order valence-corrected chi connectivity index (χ2v) is 8.66. The molecule has 22 heavy (non-hydrogen) atoms. The summed E-state index contributed by atoms with van der Waals surface area (Å²) in [4.78, 5) is 2.19. The summed E-state index contributed by atoms with van der Waals surface area (Å²) in [5, 5.41) is 0. The normalized spacial score (nSPS) is 11.7. The SMILES string of the molecule is CCCCCS(=O)(=O)C(=[N+]=[N-])S(=O)(=O)c1ccccc1OC. The van der Waals surface area contributed by atoms with E-state index in [-0.39, 0.29) is 10.6 Å². The van der Waals surface area contributed by atoms with Gasteiger partial charge in [-0.05, 0) is 18.6 Å². The molecule has 9 heteroatoms. The van der Waals surface area contributed by atoms with Gasteiger partial charge in [0.2, 0.25) is 0 Å². The largest absolute Gasteiger partial charge is 0.499 e. The monoisotopic (exact) mass is 346 g/mol. The molecule has 0 saturated carbocycles. The van der Waals surface area contributed by atoms with E-state index in [0.29, 0.717) is 12.8 Å². The van der Waals surface area contributed by atoms with E-state index in [4.69, 9.17) is 10.3 Å². The molecule has 0 N–H and O–H groups in total. The number of benzene rings is 1. The second-order valence-electron chi connectivity index (χ2n) is 4.55. The molecule has 0 heterocycles. The number of ether oxygens (including phenoxy) is 1. The molecule has 0 radical (unpaired) electrons. The molecule has 1 aromatic carbocycles. The standard InChI is InChI=1S/C13H18N2O5S2/c1-3-4-7-10-21(16,17)13(15-14)22(18,19)12-9-6-5-8-11(12)20-2/h5-6,8-9H,3-4,7,10H2,1-2H3. The van der Waals surface area contributed by atoms with Gasteiger partial charge in [0.25, 0.3) is 19.7 Å². The van der Waals surface area contributed by atoms with Gasteiger partial charge < -0.3 is 10.3 Å². The van der Waals surface area contributed by atoms with Crippen LogP contribution in [0.3, 0.4) is 0 Å². The van der Waals surface area contributed by atoms with E-state index in [1.807, 2.05) is 6.92 Å². The van der Waals surface area contributed by atoms with Crippen LogP contribution in [-0.4, -0.2) is 38.9 Å². The fourth-order valence-corrected chi connectivity index (χ4v) is 5.56. The first-order valence-corrected chi connectivity index (χ1v) is 9.77. The molecule has 1 rings (SSSR count). The summed E-state index contributed by atoms with van der Waals surface area (Å²) >= 11 is 0. The van der Waals surface area contributed by atoms with Gasteiger partial charge in [-0.15, -0.1) is 4.79 Å². The molecule has 0 aromatic heterocycles. The Morgan fingerprint density at radius 3 is 2.36 bits per heavy atom. The molecule has 7 nitrogen and oxygen atoms in total. The third-order valence-corrected chi connectivity index (χ3v) is 7.27. The van der Waals surface area contributed by atoms with Crippen LogP contribution in [0.2, 0.25) is 0 Å². The van der Waals surface area contributed by atoms with Crippen molar-refractivity contribution in [2.75, 3.05) is 12.9 Å². The van der Waals surface area contributed by atoms with E-state index in [1.165, 1.54) is 25.3 Å². The van der Waals surface area contributed by atoms with Gasteiger partial charge in [0, 0.05) is 0 Å². The highest BCUT2D eigenvalue weighted by Crippen LogP contribution is 2.26. The first kappa shape index (κ1) is 18.3. The van der Waals surface area contributed by atoms with Gasteiger partial charge >= 0.3 is 4.38 Å². The molecular weight excluding hydrogens is 328 g/mol. The van der Waals surface area contributed by atoms with Crippen LogP contribution >= 0.6 is 0 Å². The predicted octanol–water partition coefficient (Wildman–Crippen LogP) is 1.66. The summed E-state index contributed by atoms with van der Waals surface area (Å²) in [6, 6.07) is 5.55. The maximum absolute atomic E-state index is 12.5. The lowest BCUT2D eigenvalue weighted by molar-refractivity contribution is 0.00379. The van der Waals surface area contributed by atoms with E-state index >= 15 is 0 Å². The Balaban J connectivity index is 3.33. The minimum atomic E-state index is -4.50. The molecular formula is C13H18N2O5S2. The van der Waals surface area contributed by atoms with Crippen molar-refractivity contribution in [3.05, 3.63) is 29.8 Å². The van der Waals surface area contributed by atoms with Gasteiger partial charge in [0.1, 0.15) is 10.6 Å². The Kier molecular flexibility index (Phi) is 6.28. The average Bonchev–Trinajstić information content (AvgIpc) is 2.47. The van der Waals surface area contributed by atoms with E-state index < -0.39 is 29.8 Å². The predicted molar refractivity (Wildman–Crippen MR) is 82.1 cm³/mol. The summed E-state index contributed by atoms with van der Waals surface area (Å²) in [7, 11) is -7.46. The van der Waals surface area contributed by atoms with Gasteiger partial charge in [0.15, 0.2) is 0 Å². The van der Waals surface area contributed by atoms with Crippen molar-refractivity contribution in [2.45, 2.75) is 31.1 Å². The van der Waals surface area contributed by atoms with E-state index in [9.17, 15) is 16.8 Å². The maximum atomic E-state index is 12.5. The molecule has 0 fully saturated rings. The topological polar surface area (TPSA) is 114 Å². The Morgan fingerprint density at radius 2 is 1.82 bits per heavy atom. The number of hydrogen-bond donors (Lipinski definition) is 0. The quantitative estimate of drug-likeness (QED) is 0.255. The lowest BCUT2D eigenvalue weighted by Gasteiger charge is -2.06. The van der Waals surface area contributed by atoms with E-state index in [2.05, 4.69) is 4.79 Å². The van der Waals surface area contributed by atoms with Crippen LogP contribution in [-0.2, 0) is 19.7 Å². The van der Waals surface area contributed by atoms with Crippen LogP contribution in [0.4, 0.5) is 0 Å². The lowest BCUT2D eigenvalue weighted by atomic mass is 10.3. The van der Waals surface area contributed by atoms with Gasteiger partial charge in [-0.2, -0.15) is 0 Å². The first-order valence-electron chi connectivity index (χ1n) is 6.64. The van der Waals surface area contributed by atoms with Crippen molar-refractivity contribution in [3.8, 4) is 5.75 Å². The zero-order valence-electron chi connectivity index (χ0n) is 12.4. The molecule has 0 aliphatic carbocycles. The highest BCUT2D eigenvalue weighted by atomic mass is 32.3. The van der Waals surface area contributed by atoms with Crippen molar-refractivity contribution in [3.63, 3.8) is 0 Å². The molecule has 122 valence electrons. The van der Waals surface area contributed by atoms with Crippen LogP contribution < -0.4 is 4.74 Å². The molecule has 0 saturated heterocycles. The molecule has 0 bridgehead atoms. The summed E-state index contributed by atoms with van der Waals surface area (Å²) in [5.74, 6) is -0.415. The maximum Gasteiger partial charge on any atom is 0.499 e. The molecule has 0 unspecified atom stereocenters. The highest BCUT2D eigenvalue weighted by molar-refractivity contribution is 8.31. The van der Waals surface area contributed by atoms with Gasteiger partial charge in [-0.3, -0.25) is 0 Å². The number of unbranched alkanes of at least 4 members (excludes halogenated alkanes) is 2. The summed E-state index contributed by atoms with van der Waals surface area (Å²) < 4.78 is 52.9. The van der Waals surface area contributed by atoms with Crippen LogP contribution in [0.1, 0.15) is 26.2 Å². The number of nitrogens with zero attached hydrogens (tertiary/aromatic N) is 2. The number of para-hydroxylation sites is 1. The number of rotatable bonds is 6. The van der Waals surface area contributed by atoms with Crippen molar-refractivity contribution >= 4 is 24.1 Å². The van der Waals surface area contributed by atoms with Crippen molar-refractivity contribution in [1.82, 2.24) is 0 Å². The van der Waals surface area contributed by atoms with Gasteiger partial charge in [-0.25, -0.2) is 16.8 Å². The van der Waals surface area contributed by atoms with Gasteiger partial charge in [-0.1, -0.05) is 31.9 Å². The average molecular weight is 346 g/mol. The first-order chi connectivity index (χ1) is 10.3. The fraction of sp³-hybridized carbons (Fsp3) is 0.462. The fourth-order valence-electron chi connectivity index (χ4n) is 1.85. The van der Waals surface area contributed by atoms with Crippen molar-refractivity contribution in [1.29, 1.82) is 0 Å². The number of methoxy groups -OCH3 is 1. The zero-order chi connectivity index (χ0) is 16.8. The Morgan fingerprint density at radius 1 is 1.18 bits per heavy atom. The molecule has 0 aliphatic heterocycles. The van der Waals surface area contributed by atoms with Crippen molar-refractivity contribution in [2.24, 2.45) is 0 Å². The van der Waals surface area contributed by atoms with E-state index in [0.717, 1.165) is 6.42 Å². The minimum Gasteiger partial charge on any atom is -0.495 e. The Labute approximate surface area is 130 Å². The van der Waals surface area contributed by atoms with Crippen LogP contribution in [0.15, 0.2) is 29.2 Å². The zero-order valence-corrected chi connectivity index (χ0v) is 14.0. The minimum absolute atomic E-state index is 0.0209. The molecule has 0 atom stereocenters. The Bertz CT molecular complexity index is 778. The smallest absolute Gasteiger partial charge is 0.495 e. The van der Waals surface area contributed by atoms with Crippen LogP contribution in [0.25, 0.3) is 5.53 Å². The summed E-state index contributed by atoms with van der Waals surface area (Å²) in [6.45, 7) is 1.89. The third kappa shape index (κ3) is 3.94. The highest BCUT2D eigenvalue weighted by Gasteiger charge is 2.43. The lowest BCUT2D eigenvalue weighted by Crippen LogP contribution is -2.28. The van der Waals surface area contributed by atoms with Crippen LogP contribution in [0.5, 0.6) is 5.75 Å². The third-order valence-electron chi connectivity index (χ3n) is 2.95. The summed E-state index contributed by atoms with van der Waals surface area (Å²) in [5.41, 5.74) is 8.97. The second kappa shape index (κ2) is 7.53. The molecule has 0 amide bonds. The molecule has 0 aliphatic rings. The van der Waals surface area contributed by atoms with E-state index in [1.54, 1.807) is 6.07 Å². The Hall–Kier alpha value is -1.70. The summed E-state index contributed by atoms with van der Waals surface area (Å²) in [6.07, 6.45) is 1.70. The number of sulfone groups is 2. The molecule has 0 spiro atoms.